The predicted molar refractivity (Wildman–Crippen MR) is 78.3 cm³/mol. The Bertz CT molecular complexity index is 679. The fourth-order valence-electron chi connectivity index (χ4n) is 1.52. The van der Waals surface area contributed by atoms with Crippen molar-refractivity contribution in [3.05, 3.63) is 63.1 Å². The quantitative estimate of drug-likeness (QED) is 0.893. The second kappa shape index (κ2) is 5.87. The van der Waals surface area contributed by atoms with Gasteiger partial charge in [0.15, 0.2) is 0 Å². The minimum atomic E-state index is -0.308. The minimum absolute atomic E-state index is 0.308. The van der Waals surface area contributed by atoms with E-state index < -0.39 is 0 Å². The minimum Gasteiger partial charge on any atom is -0.321 e. The average Bonchev–Trinajstić information content (AvgIpc) is 2.42. The molecule has 0 spiro atoms. The lowest BCUT2D eigenvalue weighted by atomic mass is 10.1. The first-order valence-electron chi connectivity index (χ1n) is 5.37. The number of nitrogens with one attached hydrogen (secondary N) is 1. The summed E-state index contributed by atoms with van der Waals surface area (Å²) in [5.41, 5.74) is 1.33. The highest BCUT2D eigenvalue weighted by atomic mass is 79.9. The Morgan fingerprint density at radius 3 is 2.68 bits per heavy atom. The predicted octanol–water partition coefficient (Wildman–Crippen LogP) is 4.23. The maximum atomic E-state index is 12.1. The van der Waals surface area contributed by atoms with Gasteiger partial charge in [-0.3, -0.25) is 4.79 Å². The van der Waals surface area contributed by atoms with E-state index in [1.807, 2.05) is 6.07 Å². The first-order valence-corrected chi connectivity index (χ1v) is 6.54. The number of anilines is 1. The van der Waals surface area contributed by atoms with E-state index in [2.05, 4.69) is 21.2 Å². The van der Waals surface area contributed by atoms with Gasteiger partial charge >= 0.3 is 0 Å². The Labute approximate surface area is 123 Å². The molecule has 0 heterocycles. The molecule has 0 saturated heterocycles. The highest BCUT2D eigenvalue weighted by Gasteiger charge is 2.10. The molecule has 0 aliphatic carbocycles. The van der Waals surface area contributed by atoms with Crippen LogP contribution in [-0.4, -0.2) is 5.91 Å². The lowest BCUT2D eigenvalue weighted by Crippen LogP contribution is -2.12. The Balaban J connectivity index is 2.26. The molecule has 1 N–H and O–H groups in total. The van der Waals surface area contributed by atoms with Crippen LogP contribution in [0.3, 0.4) is 0 Å². The van der Waals surface area contributed by atoms with Crippen LogP contribution in [0.15, 0.2) is 46.9 Å². The van der Waals surface area contributed by atoms with Gasteiger partial charge in [-0.1, -0.05) is 23.7 Å². The standard InChI is InChI=1S/C14H8BrClN2O/c15-11-6-5-9(7-12(11)16)14(19)18-13-4-2-1-3-10(13)8-17/h1-7H,(H,18,19). The summed E-state index contributed by atoms with van der Waals surface area (Å²) in [5, 5.41) is 12.1. The van der Waals surface area contributed by atoms with E-state index in [0.29, 0.717) is 21.8 Å². The highest BCUT2D eigenvalue weighted by Crippen LogP contribution is 2.24. The molecule has 0 aromatic heterocycles. The number of halogens is 2. The van der Waals surface area contributed by atoms with Crippen LogP contribution in [-0.2, 0) is 0 Å². The zero-order chi connectivity index (χ0) is 13.8. The summed E-state index contributed by atoms with van der Waals surface area (Å²) in [6, 6.07) is 13.8. The molecule has 0 aliphatic heterocycles. The van der Waals surface area contributed by atoms with Crippen molar-refractivity contribution in [3.63, 3.8) is 0 Å². The van der Waals surface area contributed by atoms with Gasteiger partial charge in [0.1, 0.15) is 6.07 Å². The van der Waals surface area contributed by atoms with Crippen LogP contribution >= 0.6 is 27.5 Å². The summed E-state index contributed by atoms with van der Waals surface area (Å²) in [4.78, 5) is 12.1. The van der Waals surface area contributed by atoms with Crippen molar-refractivity contribution < 1.29 is 4.79 Å². The van der Waals surface area contributed by atoms with Gasteiger partial charge in [0.05, 0.1) is 16.3 Å². The van der Waals surface area contributed by atoms with E-state index in [1.165, 1.54) is 0 Å². The second-order valence-corrected chi connectivity index (χ2v) is 5.00. The third-order valence-electron chi connectivity index (χ3n) is 2.48. The molecule has 0 saturated carbocycles. The molecule has 94 valence electrons. The van der Waals surface area contributed by atoms with Gasteiger partial charge in [-0.2, -0.15) is 5.26 Å². The molecule has 0 atom stereocenters. The molecule has 5 heteroatoms. The number of hydrogen-bond donors (Lipinski definition) is 1. The molecular weight excluding hydrogens is 328 g/mol. The summed E-state index contributed by atoms with van der Waals surface area (Å²) >= 11 is 9.20. The smallest absolute Gasteiger partial charge is 0.255 e. The van der Waals surface area contributed by atoms with E-state index in [-0.39, 0.29) is 5.91 Å². The Morgan fingerprint density at radius 1 is 1.26 bits per heavy atom. The van der Waals surface area contributed by atoms with Crippen molar-refractivity contribution in [1.82, 2.24) is 0 Å². The Hall–Kier alpha value is -1.83. The molecule has 1 amide bonds. The largest absolute Gasteiger partial charge is 0.321 e. The summed E-state index contributed by atoms with van der Waals surface area (Å²) in [6.07, 6.45) is 0. The molecule has 3 nitrogen and oxygen atoms in total. The number of amides is 1. The van der Waals surface area contributed by atoms with Gasteiger partial charge in [-0.15, -0.1) is 0 Å². The fourth-order valence-corrected chi connectivity index (χ4v) is 1.95. The lowest BCUT2D eigenvalue weighted by Gasteiger charge is -2.07. The van der Waals surface area contributed by atoms with Crippen molar-refractivity contribution in [2.75, 3.05) is 5.32 Å². The van der Waals surface area contributed by atoms with Crippen molar-refractivity contribution in [3.8, 4) is 6.07 Å². The summed E-state index contributed by atoms with van der Waals surface area (Å²) in [5.74, 6) is -0.308. The maximum Gasteiger partial charge on any atom is 0.255 e. The first-order chi connectivity index (χ1) is 9.11. The van der Waals surface area contributed by atoms with Gasteiger partial charge in [0.25, 0.3) is 5.91 Å². The number of para-hydroxylation sites is 1. The number of nitrogens with zero attached hydrogens (tertiary/aromatic N) is 1. The van der Waals surface area contributed by atoms with E-state index in [1.54, 1.807) is 42.5 Å². The van der Waals surface area contributed by atoms with Crippen LogP contribution in [0.2, 0.25) is 5.02 Å². The molecule has 19 heavy (non-hydrogen) atoms. The second-order valence-electron chi connectivity index (χ2n) is 3.74. The van der Waals surface area contributed by atoms with E-state index in [4.69, 9.17) is 16.9 Å². The maximum absolute atomic E-state index is 12.1. The molecular formula is C14H8BrClN2O. The average molecular weight is 336 g/mol. The van der Waals surface area contributed by atoms with Crippen LogP contribution in [0.5, 0.6) is 0 Å². The van der Waals surface area contributed by atoms with Gasteiger partial charge in [0, 0.05) is 10.0 Å². The van der Waals surface area contributed by atoms with Crippen molar-refractivity contribution in [2.24, 2.45) is 0 Å². The zero-order valence-corrected chi connectivity index (χ0v) is 12.0. The first kappa shape index (κ1) is 13.6. The number of rotatable bonds is 2. The van der Waals surface area contributed by atoms with Crippen molar-refractivity contribution in [2.45, 2.75) is 0 Å². The Morgan fingerprint density at radius 2 is 2.00 bits per heavy atom. The number of carbonyl (C=O) groups is 1. The number of hydrogen-bond acceptors (Lipinski definition) is 2. The molecule has 2 aromatic carbocycles. The summed E-state index contributed by atoms with van der Waals surface area (Å²) in [6.45, 7) is 0. The van der Waals surface area contributed by atoms with Crippen LogP contribution in [0.4, 0.5) is 5.69 Å². The van der Waals surface area contributed by atoms with Gasteiger partial charge < -0.3 is 5.32 Å². The number of benzene rings is 2. The van der Waals surface area contributed by atoms with Crippen molar-refractivity contribution in [1.29, 1.82) is 5.26 Å². The monoisotopic (exact) mass is 334 g/mol. The van der Waals surface area contributed by atoms with Crippen LogP contribution in [0, 0.1) is 11.3 Å². The van der Waals surface area contributed by atoms with Crippen LogP contribution < -0.4 is 5.32 Å². The molecule has 0 bridgehead atoms. The highest BCUT2D eigenvalue weighted by molar-refractivity contribution is 9.10. The van der Waals surface area contributed by atoms with Gasteiger partial charge in [0.2, 0.25) is 0 Å². The van der Waals surface area contributed by atoms with E-state index in [9.17, 15) is 4.79 Å². The molecule has 0 aliphatic rings. The van der Waals surface area contributed by atoms with Crippen LogP contribution in [0.25, 0.3) is 0 Å². The zero-order valence-electron chi connectivity index (χ0n) is 9.65. The Kier molecular flexibility index (Phi) is 4.20. The number of nitriles is 1. The molecule has 2 rings (SSSR count). The lowest BCUT2D eigenvalue weighted by molar-refractivity contribution is 0.102. The third kappa shape index (κ3) is 3.14. The summed E-state index contributed by atoms with van der Waals surface area (Å²) in [7, 11) is 0. The van der Waals surface area contributed by atoms with Gasteiger partial charge in [-0.25, -0.2) is 0 Å². The number of carbonyl (C=O) groups excluding carboxylic acids is 1. The van der Waals surface area contributed by atoms with E-state index >= 15 is 0 Å². The molecule has 0 unspecified atom stereocenters. The molecule has 0 radical (unpaired) electrons. The fraction of sp³-hybridized carbons (Fsp3) is 0. The van der Waals surface area contributed by atoms with Crippen LogP contribution in [0.1, 0.15) is 15.9 Å². The summed E-state index contributed by atoms with van der Waals surface area (Å²) < 4.78 is 0.725. The SMILES string of the molecule is N#Cc1ccccc1NC(=O)c1ccc(Br)c(Cl)c1. The normalized spacial score (nSPS) is 9.74. The van der Waals surface area contributed by atoms with Gasteiger partial charge in [-0.05, 0) is 46.3 Å². The van der Waals surface area contributed by atoms with E-state index in [0.717, 1.165) is 4.47 Å². The molecule has 2 aromatic rings. The molecule has 0 fully saturated rings. The third-order valence-corrected chi connectivity index (χ3v) is 3.71. The topological polar surface area (TPSA) is 52.9 Å². The van der Waals surface area contributed by atoms with Crippen molar-refractivity contribution >= 4 is 39.1 Å².